The summed E-state index contributed by atoms with van der Waals surface area (Å²) < 4.78 is 6.50. The van der Waals surface area contributed by atoms with E-state index < -0.39 is 0 Å². The predicted molar refractivity (Wildman–Crippen MR) is 129 cm³/mol. The van der Waals surface area contributed by atoms with Gasteiger partial charge in [0.15, 0.2) is 11.6 Å². The minimum absolute atomic E-state index is 0.161. The fourth-order valence-corrected chi connectivity index (χ4v) is 4.21. The molecule has 9 heteroatoms. The van der Waals surface area contributed by atoms with Crippen molar-refractivity contribution in [3.05, 3.63) is 41.9 Å². The Morgan fingerprint density at radius 2 is 2.03 bits per heavy atom. The molecule has 1 aliphatic heterocycles. The summed E-state index contributed by atoms with van der Waals surface area (Å²) in [4.78, 5) is 15.7. The first-order valence-corrected chi connectivity index (χ1v) is 11.1. The molecule has 32 heavy (non-hydrogen) atoms. The third kappa shape index (κ3) is 4.53. The monoisotopic (exact) mass is 436 g/mol. The Hall–Kier alpha value is -3.17. The van der Waals surface area contributed by atoms with Gasteiger partial charge < -0.3 is 26.1 Å². The van der Waals surface area contributed by atoms with Gasteiger partial charge in [-0.25, -0.2) is 15.0 Å². The predicted octanol–water partition coefficient (Wildman–Crippen LogP) is 3.24. The van der Waals surface area contributed by atoms with E-state index in [2.05, 4.69) is 63.7 Å². The summed E-state index contributed by atoms with van der Waals surface area (Å²) in [6, 6.07) is 8.19. The number of piperidine rings is 1. The van der Waals surface area contributed by atoms with Crippen LogP contribution in [-0.4, -0.2) is 45.6 Å². The second-order valence-electron chi connectivity index (χ2n) is 8.27. The van der Waals surface area contributed by atoms with Gasteiger partial charge in [0.05, 0.1) is 11.7 Å². The van der Waals surface area contributed by atoms with E-state index in [-0.39, 0.29) is 18.0 Å². The minimum Gasteiger partial charge on any atom is -0.474 e. The highest BCUT2D eigenvalue weighted by atomic mass is 16.5. The number of hydrogen-bond donors (Lipinski definition) is 4. The van der Waals surface area contributed by atoms with Gasteiger partial charge in [0.1, 0.15) is 18.1 Å². The summed E-state index contributed by atoms with van der Waals surface area (Å²) in [6.07, 6.45) is 3.58. The zero-order valence-electron chi connectivity index (χ0n) is 18.9. The van der Waals surface area contributed by atoms with Gasteiger partial charge in [-0.3, -0.25) is 5.84 Å². The van der Waals surface area contributed by atoms with Crippen LogP contribution in [0.1, 0.15) is 44.0 Å². The van der Waals surface area contributed by atoms with Crippen LogP contribution in [0.15, 0.2) is 30.6 Å². The van der Waals surface area contributed by atoms with Gasteiger partial charge in [-0.05, 0) is 50.2 Å². The SMILES string of the molecule is CCN1CCC(Oc2nc(C(C)Nc3ncnc(N)c3NN)cc3cccc(C)c23)CC1. The number of aromatic nitrogens is 3. The lowest BCUT2D eigenvalue weighted by Crippen LogP contribution is -2.38. The Kier molecular flexibility index (Phi) is 6.57. The van der Waals surface area contributed by atoms with Crippen LogP contribution in [0.3, 0.4) is 0 Å². The number of benzene rings is 1. The van der Waals surface area contributed by atoms with E-state index in [4.69, 9.17) is 21.3 Å². The number of pyridine rings is 1. The third-order valence-electron chi connectivity index (χ3n) is 6.13. The number of fused-ring (bicyclic) bond motifs is 1. The maximum Gasteiger partial charge on any atom is 0.222 e. The topological polar surface area (TPSA) is 127 Å². The van der Waals surface area contributed by atoms with Gasteiger partial charge >= 0.3 is 0 Å². The lowest BCUT2D eigenvalue weighted by atomic mass is 10.0. The molecule has 1 saturated heterocycles. The first kappa shape index (κ1) is 22.0. The van der Waals surface area contributed by atoms with Gasteiger partial charge in [-0.1, -0.05) is 25.1 Å². The van der Waals surface area contributed by atoms with Gasteiger partial charge in [0, 0.05) is 18.5 Å². The molecule has 0 amide bonds. The summed E-state index contributed by atoms with van der Waals surface area (Å²) in [5.74, 6) is 7.11. The first-order valence-electron chi connectivity index (χ1n) is 11.1. The van der Waals surface area contributed by atoms with Crippen LogP contribution < -0.4 is 27.1 Å². The number of ether oxygens (including phenoxy) is 1. The van der Waals surface area contributed by atoms with Crippen molar-refractivity contribution in [3.8, 4) is 5.88 Å². The molecule has 1 unspecified atom stereocenters. The molecule has 9 nitrogen and oxygen atoms in total. The molecule has 1 aromatic carbocycles. The summed E-state index contributed by atoms with van der Waals surface area (Å²) in [6.45, 7) is 9.51. The molecule has 0 bridgehead atoms. The zero-order chi connectivity index (χ0) is 22.7. The Balaban J connectivity index is 1.65. The minimum atomic E-state index is -0.161. The molecule has 6 N–H and O–H groups in total. The number of nitrogens with two attached hydrogens (primary N) is 2. The number of nitrogen functional groups attached to an aromatic ring is 2. The number of anilines is 3. The summed E-state index contributed by atoms with van der Waals surface area (Å²) in [5, 5.41) is 5.51. The van der Waals surface area contributed by atoms with Crippen LogP contribution in [0, 0.1) is 6.92 Å². The quantitative estimate of drug-likeness (QED) is 0.326. The number of hydrogen-bond acceptors (Lipinski definition) is 9. The molecule has 2 aromatic heterocycles. The fourth-order valence-electron chi connectivity index (χ4n) is 4.21. The molecule has 4 rings (SSSR count). The van der Waals surface area contributed by atoms with Crippen molar-refractivity contribution >= 4 is 28.1 Å². The van der Waals surface area contributed by atoms with Crippen LogP contribution in [0.2, 0.25) is 0 Å². The van der Waals surface area contributed by atoms with E-state index in [0.29, 0.717) is 17.4 Å². The first-order chi connectivity index (χ1) is 15.5. The standard InChI is InChI=1S/C23H32N8O/c1-4-31-10-8-17(9-11-31)32-23-19-14(2)6-5-7-16(19)12-18(29-23)15(3)28-22-20(30-25)21(24)26-13-27-22/h5-7,12-13,15,17,30H,4,8-11,25H2,1-3H3,(H3,24,26,27,28). The number of hydrazine groups is 1. The third-order valence-corrected chi connectivity index (χ3v) is 6.13. The highest BCUT2D eigenvalue weighted by molar-refractivity contribution is 5.90. The number of nitrogens with one attached hydrogen (secondary N) is 2. The Morgan fingerprint density at radius 3 is 2.75 bits per heavy atom. The maximum atomic E-state index is 6.50. The van der Waals surface area contributed by atoms with Crippen molar-refractivity contribution in [2.24, 2.45) is 5.84 Å². The lowest BCUT2D eigenvalue weighted by Gasteiger charge is -2.31. The molecule has 170 valence electrons. The number of nitrogens with zero attached hydrogens (tertiary/aromatic N) is 4. The van der Waals surface area contributed by atoms with E-state index >= 15 is 0 Å². The highest BCUT2D eigenvalue weighted by Crippen LogP contribution is 2.33. The van der Waals surface area contributed by atoms with Gasteiger partial charge in [0.2, 0.25) is 5.88 Å². The Morgan fingerprint density at radius 1 is 1.25 bits per heavy atom. The molecule has 3 heterocycles. The maximum absolute atomic E-state index is 6.50. The normalized spacial score (nSPS) is 16.1. The summed E-state index contributed by atoms with van der Waals surface area (Å²) in [5.41, 5.74) is 10.9. The molecule has 1 aliphatic rings. The average molecular weight is 437 g/mol. The number of rotatable bonds is 7. The van der Waals surface area contributed by atoms with Crippen molar-refractivity contribution in [2.45, 2.75) is 45.8 Å². The lowest BCUT2D eigenvalue weighted by molar-refractivity contribution is 0.101. The van der Waals surface area contributed by atoms with Crippen LogP contribution >= 0.6 is 0 Å². The largest absolute Gasteiger partial charge is 0.474 e. The van der Waals surface area contributed by atoms with Gasteiger partial charge in [0.25, 0.3) is 0 Å². The van der Waals surface area contributed by atoms with Crippen LogP contribution in [0.5, 0.6) is 5.88 Å². The van der Waals surface area contributed by atoms with Crippen molar-refractivity contribution in [2.75, 3.05) is 36.1 Å². The molecule has 3 aromatic rings. The molecule has 0 radical (unpaired) electrons. The summed E-state index contributed by atoms with van der Waals surface area (Å²) >= 11 is 0. The second-order valence-corrected chi connectivity index (χ2v) is 8.27. The van der Waals surface area contributed by atoms with E-state index in [0.717, 1.165) is 54.5 Å². The smallest absolute Gasteiger partial charge is 0.222 e. The van der Waals surface area contributed by atoms with Crippen LogP contribution in [0.4, 0.5) is 17.3 Å². The van der Waals surface area contributed by atoms with Crippen molar-refractivity contribution < 1.29 is 4.74 Å². The van der Waals surface area contributed by atoms with Crippen molar-refractivity contribution in [1.82, 2.24) is 19.9 Å². The second kappa shape index (κ2) is 9.54. The van der Waals surface area contributed by atoms with Crippen molar-refractivity contribution in [1.29, 1.82) is 0 Å². The van der Waals surface area contributed by atoms with E-state index in [1.807, 2.05) is 6.92 Å². The molecule has 0 saturated carbocycles. The average Bonchev–Trinajstić information content (AvgIpc) is 2.79. The molecule has 1 atom stereocenters. The highest BCUT2D eigenvalue weighted by Gasteiger charge is 2.22. The molecular weight excluding hydrogens is 404 g/mol. The molecule has 0 aliphatic carbocycles. The van der Waals surface area contributed by atoms with Crippen LogP contribution in [-0.2, 0) is 0 Å². The van der Waals surface area contributed by atoms with E-state index in [1.54, 1.807) is 0 Å². The summed E-state index contributed by atoms with van der Waals surface area (Å²) in [7, 11) is 0. The molecule has 0 spiro atoms. The van der Waals surface area contributed by atoms with E-state index in [1.165, 1.54) is 6.33 Å². The van der Waals surface area contributed by atoms with Gasteiger partial charge in [-0.2, -0.15) is 0 Å². The van der Waals surface area contributed by atoms with Crippen LogP contribution in [0.25, 0.3) is 10.8 Å². The molecular formula is C23H32N8O. The van der Waals surface area contributed by atoms with Crippen molar-refractivity contribution in [3.63, 3.8) is 0 Å². The Labute approximate surface area is 188 Å². The number of likely N-dealkylation sites (tertiary alicyclic amines) is 1. The number of aryl methyl sites for hydroxylation is 1. The van der Waals surface area contributed by atoms with Gasteiger partial charge in [-0.15, -0.1) is 0 Å². The zero-order valence-corrected chi connectivity index (χ0v) is 18.9. The molecule has 1 fully saturated rings. The Bertz CT molecular complexity index is 1080. The fraction of sp³-hybridized carbons (Fsp3) is 0.435. The van der Waals surface area contributed by atoms with E-state index in [9.17, 15) is 0 Å².